The highest BCUT2D eigenvalue weighted by Crippen LogP contribution is 2.11. The quantitative estimate of drug-likeness (QED) is 0.248. The highest BCUT2D eigenvalue weighted by Gasteiger charge is 1.91. The van der Waals surface area contributed by atoms with Crippen LogP contribution in [0, 0.1) is 0 Å². The monoisotopic (exact) mass is 230 g/mol. The van der Waals surface area contributed by atoms with Gasteiger partial charge in [-0.05, 0) is 12.8 Å². The molecule has 1 atom stereocenters. The van der Waals surface area contributed by atoms with Gasteiger partial charge in [-0.15, -0.1) is 6.58 Å². The number of allylic oxidation sites excluding steroid dienone is 1. The zero-order chi connectivity index (χ0) is 10.5. The van der Waals surface area contributed by atoms with Crippen molar-refractivity contribution >= 4 is 9.90 Å². The maximum absolute atomic E-state index is 3.74. The van der Waals surface area contributed by atoms with Gasteiger partial charge in [0.2, 0.25) is 0 Å². The second-order valence-electron chi connectivity index (χ2n) is 4.26. The Bertz CT molecular complexity index is 110. The molecule has 0 saturated heterocycles. The van der Waals surface area contributed by atoms with Gasteiger partial charge >= 0.3 is 0 Å². The maximum atomic E-state index is 3.74. The average molecular weight is 230 g/mol. The molecule has 0 nitrogen and oxygen atoms in total. The molecule has 0 aromatic heterocycles. The van der Waals surface area contributed by atoms with Crippen molar-refractivity contribution in [3.05, 3.63) is 12.7 Å². The first-order valence-electron chi connectivity index (χ1n) is 6.52. The van der Waals surface area contributed by atoms with Crippen LogP contribution in [-0.4, -0.2) is 0 Å². The summed E-state index contributed by atoms with van der Waals surface area (Å²) in [5, 5.41) is 0. The molecule has 1 heteroatoms. The number of hydrogen-bond acceptors (Lipinski definition) is 0. The normalized spacial score (nSPS) is 9.67. The Morgan fingerprint density at radius 2 is 1.13 bits per heavy atom. The molecule has 0 rings (SSSR count). The largest absolute Gasteiger partial charge is 0.153 e. The molecule has 15 heavy (non-hydrogen) atoms. The van der Waals surface area contributed by atoms with Gasteiger partial charge in [0.05, 0.1) is 0 Å². The smallest absolute Gasteiger partial charge is 0.0353 e. The third kappa shape index (κ3) is 16.8. The van der Waals surface area contributed by atoms with E-state index in [1.165, 1.54) is 70.6 Å². The Labute approximate surface area is 101 Å². The van der Waals surface area contributed by atoms with Crippen LogP contribution in [0.5, 0.6) is 0 Å². The van der Waals surface area contributed by atoms with Crippen LogP contribution in [0.3, 0.4) is 0 Å². The fourth-order valence-corrected chi connectivity index (χ4v) is 1.78. The summed E-state index contributed by atoms with van der Waals surface area (Å²) in [5.74, 6) is 0. The van der Waals surface area contributed by atoms with Gasteiger partial charge in [-0.25, -0.2) is 0 Å². The highest BCUT2D eigenvalue weighted by atomic mass is 31.0. The summed E-state index contributed by atoms with van der Waals surface area (Å²) in [7, 11) is 0. The van der Waals surface area contributed by atoms with Crippen molar-refractivity contribution in [1.82, 2.24) is 0 Å². The number of hydrogen-bond donors (Lipinski definition) is 0. The lowest BCUT2D eigenvalue weighted by Crippen LogP contribution is -1.81. The van der Waals surface area contributed by atoms with E-state index in [2.05, 4.69) is 13.5 Å². The molecule has 0 radical (unpaired) electrons. The number of unbranched alkanes of at least 4 members (excludes halogenated alkanes) is 10. The van der Waals surface area contributed by atoms with Crippen molar-refractivity contribution < 1.29 is 0 Å². The zero-order valence-corrected chi connectivity index (χ0v) is 12.2. The molecule has 1 unspecified atom stereocenters. The molecule has 0 N–H and O–H groups in total. The average Bonchev–Trinajstić information content (AvgIpc) is 2.21. The standard InChI is InChI=1S/C14H28.H3P/c1-3-5-7-9-11-13-14-12-10-8-6-4-2;/h3H,1,4-14H2,2H3;1H3. The summed E-state index contributed by atoms with van der Waals surface area (Å²) in [4.78, 5) is 0. The summed E-state index contributed by atoms with van der Waals surface area (Å²) in [6, 6.07) is 0. The zero-order valence-electron chi connectivity index (χ0n) is 10.8. The van der Waals surface area contributed by atoms with Crippen molar-refractivity contribution in [2.75, 3.05) is 0 Å². The SMILES string of the molecule is C=CCCCCCCCCCCCC.P. The summed E-state index contributed by atoms with van der Waals surface area (Å²) in [5.41, 5.74) is 0. The van der Waals surface area contributed by atoms with Gasteiger partial charge in [-0.2, -0.15) is 9.90 Å². The Kier molecular flexibility index (Phi) is 19.4. The molecule has 0 aromatic rings. The van der Waals surface area contributed by atoms with Crippen LogP contribution in [0.2, 0.25) is 0 Å². The topological polar surface area (TPSA) is 0 Å². The van der Waals surface area contributed by atoms with Crippen LogP contribution in [0.4, 0.5) is 0 Å². The van der Waals surface area contributed by atoms with Gasteiger partial charge in [0.25, 0.3) is 0 Å². The van der Waals surface area contributed by atoms with E-state index in [4.69, 9.17) is 0 Å². The van der Waals surface area contributed by atoms with E-state index < -0.39 is 0 Å². The van der Waals surface area contributed by atoms with Crippen LogP contribution in [0.25, 0.3) is 0 Å². The molecule has 0 bridgehead atoms. The van der Waals surface area contributed by atoms with E-state index in [0.29, 0.717) is 0 Å². The Morgan fingerprint density at radius 1 is 0.733 bits per heavy atom. The molecule has 0 aliphatic heterocycles. The third-order valence-corrected chi connectivity index (χ3v) is 2.76. The van der Waals surface area contributed by atoms with E-state index in [1.54, 1.807) is 0 Å². The molecule has 92 valence electrons. The van der Waals surface area contributed by atoms with E-state index in [0.717, 1.165) is 0 Å². The molecule has 0 aliphatic carbocycles. The van der Waals surface area contributed by atoms with E-state index in [1.807, 2.05) is 6.08 Å². The lowest BCUT2D eigenvalue weighted by atomic mass is 10.1. The summed E-state index contributed by atoms with van der Waals surface area (Å²) in [6.07, 6.45) is 17.5. The Balaban J connectivity index is 0. The lowest BCUT2D eigenvalue weighted by molar-refractivity contribution is 0.558. The summed E-state index contributed by atoms with van der Waals surface area (Å²) >= 11 is 0. The summed E-state index contributed by atoms with van der Waals surface area (Å²) in [6.45, 7) is 6.01. The van der Waals surface area contributed by atoms with Gasteiger partial charge in [0, 0.05) is 0 Å². The molecule has 0 fully saturated rings. The molecular weight excluding hydrogens is 199 g/mol. The molecule has 0 amide bonds. The predicted molar refractivity (Wildman–Crippen MR) is 77.8 cm³/mol. The molecule has 0 heterocycles. The minimum Gasteiger partial charge on any atom is -0.153 e. The number of rotatable bonds is 11. The van der Waals surface area contributed by atoms with Gasteiger partial charge in [0.15, 0.2) is 0 Å². The maximum Gasteiger partial charge on any atom is -0.0353 e. The fraction of sp³-hybridized carbons (Fsp3) is 0.857. The Morgan fingerprint density at radius 3 is 1.53 bits per heavy atom. The van der Waals surface area contributed by atoms with Gasteiger partial charge in [-0.1, -0.05) is 70.8 Å². The molecule has 0 aliphatic rings. The van der Waals surface area contributed by atoms with Crippen LogP contribution in [-0.2, 0) is 0 Å². The second kappa shape index (κ2) is 16.6. The highest BCUT2D eigenvalue weighted by molar-refractivity contribution is 6.92. The molecular formula is C14H31P. The minimum atomic E-state index is 0. The van der Waals surface area contributed by atoms with Crippen LogP contribution < -0.4 is 0 Å². The molecule has 0 spiro atoms. The first-order valence-corrected chi connectivity index (χ1v) is 6.52. The van der Waals surface area contributed by atoms with E-state index in [-0.39, 0.29) is 9.90 Å². The van der Waals surface area contributed by atoms with E-state index in [9.17, 15) is 0 Å². The predicted octanol–water partition coefficient (Wildman–Crippen LogP) is 5.54. The van der Waals surface area contributed by atoms with Crippen molar-refractivity contribution in [2.45, 2.75) is 77.6 Å². The van der Waals surface area contributed by atoms with Gasteiger partial charge in [0.1, 0.15) is 0 Å². The van der Waals surface area contributed by atoms with Crippen molar-refractivity contribution in [2.24, 2.45) is 0 Å². The lowest BCUT2D eigenvalue weighted by Gasteiger charge is -2.00. The first-order chi connectivity index (χ1) is 6.91. The van der Waals surface area contributed by atoms with Crippen molar-refractivity contribution in [1.29, 1.82) is 0 Å². The molecule has 0 aromatic carbocycles. The fourth-order valence-electron chi connectivity index (χ4n) is 1.78. The molecule has 0 saturated carbocycles. The summed E-state index contributed by atoms with van der Waals surface area (Å²) < 4.78 is 0. The first kappa shape index (κ1) is 17.6. The van der Waals surface area contributed by atoms with Gasteiger partial charge < -0.3 is 0 Å². The van der Waals surface area contributed by atoms with Crippen LogP contribution >= 0.6 is 9.90 Å². The third-order valence-electron chi connectivity index (χ3n) is 2.76. The van der Waals surface area contributed by atoms with Crippen LogP contribution in [0.15, 0.2) is 12.7 Å². The van der Waals surface area contributed by atoms with Crippen molar-refractivity contribution in [3.8, 4) is 0 Å². The minimum absolute atomic E-state index is 0. The van der Waals surface area contributed by atoms with Crippen molar-refractivity contribution in [3.63, 3.8) is 0 Å². The van der Waals surface area contributed by atoms with Gasteiger partial charge in [-0.3, -0.25) is 0 Å². The van der Waals surface area contributed by atoms with E-state index >= 15 is 0 Å². The Hall–Kier alpha value is 0.170. The van der Waals surface area contributed by atoms with Crippen LogP contribution in [0.1, 0.15) is 77.6 Å². The second-order valence-corrected chi connectivity index (χ2v) is 4.26.